The lowest BCUT2D eigenvalue weighted by Gasteiger charge is -2.37. The van der Waals surface area contributed by atoms with Gasteiger partial charge in [-0.15, -0.1) is 0 Å². The molecule has 0 N–H and O–H groups in total. The molecule has 2 atom stereocenters. The van der Waals surface area contributed by atoms with E-state index < -0.39 is 0 Å². The fraction of sp³-hybridized carbons (Fsp3) is 0.444. The number of rotatable bonds is 4. The molecule has 0 heteroatoms. The van der Waals surface area contributed by atoms with Crippen molar-refractivity contribution in [2.24, 2.45) is 5.92 Å². The molecule has 0 spiro atoms. The molecule has 0 bridgehead atoms. The Morgan fingerprint density at radius 3 is 2.61 bits per heavy atom. The topological polar surface area (TPSA) is 0 Å². The monoisotopic (exact) mass is 240 g/mol. The molecule has 2 unspecified atom stereocenters. The highest BCUT2D eigenvalue weighted by atomic mass is 14.4. The van der Waals surface area contributed by atoms with Crippen molar-refractivity contribution >= 4 is 0 Å². The summed E-state index contributed by atoms with van der Waals surface area (Å²) in [5, 5.41) is 0. The minimum atomic E-state index is 0.162. The summed E-state index contributed by atoms with van der Waals surface area (Å²) in [6, 6.07) is 8.96. The second-order valence-electron chi connectivity index (χ2n) is 5.45. The van der Waals surface area contributed by atoms with Crippen LogP contribution >= 0.6 is 0 Å². The zero-order valence-electron chi connectivity index (χ0n) is 11.8. The number of allylic oxidation sites excluding steroid dienone is 4. The van der Waals surface area contributed by atoms with Gasteiger partial charge in [-0.1, -0.05) is 75.8 Å². The SMILES string of the molecule is CCCc1ccccc1C1(C)C=CC=CC1CC. The summed E-state index contributed by atoms with van der Waals surface area (Å²) in [5.74, 6) is 0.612. The van der Waals surface area contributed by atoms with Crippen LogP contribution in [0.1, 0.15) is 44.7 Å². The number of aryl methyl sites for hydroxylation is 1. The van der Waals surface area contributed by atoms with Crippen LogP contribution < -0.4 is 0 Å². The molecule has 0 aliphatic heterocycles. The fourth-order valence-corrected chi connectivity index (χ4v) is 3.16. The lowest BCUT2D eigenvalue weighted by molar-refractivity contribution is 0.410. The van der Waals surface area contributed by atoms with E-state index in [0.29, 0.717) is 5.92 Å². The van der Waals surface area contributed by atoms with Gasteiger partial charge in [-0.05, 0) is 29.9 Å². The first-order valence-corrected chi connectivity index (χ1v) is 7.16. The Morgan fingerprint density at radius 2 is 1.89 bits per heavy atom. The van der Waals surface area contributed by atoms with Crippen molar-refractivity contribution < 1.29 is 0 Å². The Labute approximate surface area is 111 Å². The molecule has 1 aromatic carbocycles. The van der Waals surface area contributed by atoms with Gasteiger partial charge in [-0.2, -0.15) is 0 Å². The van der Waals surface area contributed by atoms with E-state index in [2.05, 4.69) is 69.3 Å². The molecule has 1 aromatic rings. The van der Waals surface area contributed by atoms with Crippen molar-refractivity contribution in [3.63, 3.8) is 0 Å². The molecule has 0 saturated heterocycles. The predicted molar refractivity (Wildman–Crippen MR) is 79.9 cm³/mol. The average molecular weight is 240 g/mol. The normalized spacial score (nSPS) is 26.5. The maximum Gasteiger partial charge on any atom is 0.0172 e. The van der Waals surface area contributed by atoms with E-state index in [0.717, 1.165) is 0 Å². The van der Waals surface area contributed by atoms with Crippen LogP contribution in [0.4, 0.5) is 0 Å². The van der Waals surface area contributed by atoms with Gasteiger partial charge in [-0.25, -0.2) is 0 Å². The molecule has 1 aliphatic carbocycles. The van der Waals surface area contributed by atoms with Gasteiger partial charge in [-0.3, -0.25) is 0 Å². The standard InChI is InChI=1S/C18H24/c1-4-10-15-11-6-7-13-17(15)18(3)14-9-8-12-16(18)5-2/h6-9,11-14,16H,4-5,10H2,1-3H3. The molecule has 18 heavy (non-hydrogen) atoms. The van der Waals surface area contributed by atoms with Crippen LogP contribution in [-0.2, 0) is 11.8 Å². The largest absolute Gasteiger partial charge is 0.0802 e. The third-order valence-electron chi connectivity index (χ3n) is 4.22. The molecule has 0 fully saturated rings. The van der Waals surface area contributed by atoms with Crippen LogP contribution in [0.15, 0.2) is 48.6 Å². The van der Waals surface area contributed by atoms with Crippen LogP contribution in [-0.4, -0.2) is 0 Å². The zero-order chi connectivity index (χ0) is 13.0. The van der Waals surface area contributed by atoms with E-state index >= 15 is 0 Å². The predicted octanol–water partition coefficient (Wildman–Crippen LogP) is 5.05. The summed E-state index contributed by atoms with van der Waals surface area (Å²) in [7, 11) is 0. The highest BCUT2D eigenvalue weighted by Gasteiger charge is 2.33. The Morgan fingerprint density at radius 1 is 1.11 bits per heavy atom. The summed E-state index contributed by atoms with van der Waals surface area (Å²) >= 11 is 0. The first-order valence-electron chi connectivity index (χ1n) is 7.16. The van der Waals surface area contributed by atoms with Gasteiger partial charge in [0, 0.05) is 5.41 Å². The Bertz CT molecular complexity index is 453. The molecule has 96 valence electrons. The van der Waals surface area contributed by atoms with Crippen molar-refractivity contribution in [3.8, 4) is 0 Å². The van der Waals surface area contributed by atoms with E-state index in [1.807, 2.05) is 0 Å². The van der Waals surface area contributed by atoms with Crippen molar-refractivity contribution in [3.05, 3.63) is 59.7 Å². The molecule has 0 heterocycles. The molecule has 1 aliphatic rings. The molecular weight excluding hydrogens is 216 g/mol. The van der Waals surface area contributed by atoms with Gasteiger partial charge >= 0.3 is 0 Å². The smallest absolute Gasteiger partial charge is 0.0172 e. The molecule has 0 nitrogen and oxygen atoms in total. The second kappa shape index (κ2) is 5.56. The first-order chi connectivity index (χ1) is 8.72. The molecular formula is C18H24. The average Bonchev–Trinajstić information content (AvgIpc) is 2.40. The van der Waals surface area contributed by atoms with Crippen molar-refractivity contribution in [2.45, 2.75) is 45.4 Å². The quantitative estimate of drug-likeness (QED) is 0.691. The van der Waals surface area contributed by atoms with Gasteiger partial charge in [0.25, 0.3) is 0 Å². The maximum atomic E-state index is 2.38. The summed E-state index contributed by atoms with van der Waals surface area (Å²) in [5.41, 5.74) is 3.19. The van der Waals surface area contributed by atoms with Gasteiger partial charge in [0.05, 0.1) is 0 Å². The second-order valence-corrected chi connectivity index (χ2v) is 5.45. The van der Waals surface area contributed by atoms with Crippen molar-refractivity contribution in [1.82, 2.24) is 0 Å². The van der Waals surface area contributed by atoms with Crippen LogP contribution in [0, 0.1) is 5.92 Å². The Hall–Kier alpha value is -1.30. The van der Waals surface area contributed by atoms with Gasteiger partial charge in [0.15, 0.2) is 0 Å². The minimum Gasteiger partial charge on any atom is -0.0802 e. The Balaban J connectivity index is 2.46. The van der Waals surface area contributed by atoms with E-state index in [1.54, 1.807) is 0 Å². The van der Waals surface area contributed by atoms with Gasteiger partial charge in [0.2, 0.25) is 0 Å². The molecule has 0 radical (unpaired) electrons. The lowest BCUT2D eigenvalue weighted by Crippen LogP contribution is -2.31. The number of hydrogen-bond acceptors (Lipinski definition) is 0. The third kappa shape index (κ3) is 2.29. The minimum absolute atomic E-state index is 0.162. The molecule has 0 amide bonds. The molecule has 2 rings (SSSR count). The first kappa shape index (κ1) is 13.1. The highest BCUT2D eigenvalue weighted by Crippen LogP contribution is 2.40. The van der Waals surface area contributed by atoms with E-state index in [-0.39, 0.29) is 5.41 Å². The van der Waals surface area contributed by atoms with Crippen LogP contribution in [0.3, 0.4) is 0 Å². The fourth-order valence-electron chi connectivity index (χ4n) is 3.16. The molecule has 0 saturated carbocycles. The summed E-state index contributed by atoms with van der Waals surface area (Å²) < 4.78 is 0. The van der Waals surface area contributed by atoms with Gasteiger partial charge in [0.1, 0.15) is 0 Å². The number of benzene rings is 1. The van der Waals surface area contributed by atoms with Crippen LogP contribution in [0.5, 0.6) is 0 Å². The van der Waals surface area contributed by atoms with Crippen LogP contribution in [0.25, 0.3) is 0 Å². The van der Waals surface area contributed by atoms with E-state index in [1.165, 1.54) is 30.4 Å². The Kier molecular flexibility index (Phi) is 4.06. The van der Waals surface area contributed by atoms with E-state index in [4.69, 9.17) is 0 Å². The van der Waals surface area contributed by atoms with Gasteiger partial charge < -0.3 is 0 Å². The summed E-state index contributed by atoms with van der Waals surface area (Å²) in [6.45, 7) is 6.93. The number of hydrogen-bond donors (Lipinski definition) is 0. The third-order valence-corrected chi connectivity index (χ3v) is 4.22. The maximum absolute atomic E-state index is 2.38. The highest BCUT2D eigenvalue weighted by molar-refractivity contribution is 5.41. The zero-order valence-corrected chi connectivity index (χ0v) is 11.8. The summed E-state index contributed by atoms with van der Waals surface area (Å²) in [6.07, 6.45) is 12.7. The van der Waals surface area contributed by atoms with E-state index in [9.17, 15) is 0 Å². The van der Waals surface area contributed by atoms with Crippen molar-refractivity contribution in [1.29, 1.82) is 0 Å². The van der Waals surface area contributed by atoms with Crippen molar-refractivity contribution in [2.75, 3.05) is 0 Å². The molecule has 0 aromatic heterocycles. The lowest BCUT2D eigenvalue weighted by atomic mass is 9.67. The summed E-state index contributed by atoms with van der Waals surface area (Å²) in [4.78, 5) is 0. The van der Waals surface area contributed by atoms with Crippen LogP contribution in [0.2, 0.25) is 0 Å².